The van der Waals surface area contributed by atoms with Crippen LogP contribution in [-0.2, 0) is 5.75 Å². The third-order valence-corrected chi connectivity index (χ3v) is 4.71. The Labute approximate surface area is 160 Å². The van der Waals surface area contributed by atoms with E-state index in [2.05, 4.69) is 10.2 Å². The predicted octanol–water partition coefficient (Wildman–Crippen LogP) is 4.59. The van der Waals surface area contributed by atoms with Crippen molar-refractivity contribution >= 4 is 46.3 Å². The maximum atomic E-state index is 6.29. The molecule has 0 aliphatic rings. The van der Waals surface area contributed by atoms with Crippen molar-refractivity contribution in [3.63, 3.8) is 0 Å². The lowest BCUT2D eigenvalue weighted by atomic mass is 10.2. The molecule has 0 saturated heterocycles. The molecule has 0 heterocycles. The van der Waals surface area contributed by atoms with Crippen LogP contribution in [0.2, 0.25) is 10.0 Å². The van der Waals surface area contributed by atoms with E-state index < -0.39 is 0 Å². The van der Waals surface area contributed by atoms with Gasteiger partial charge in [-0.3, -0.25) is 0 Å². The number of hydrogen-bond donors (Lipinski definition) is 1. The van der Waals surface area contributed by atoms with Crippen molar-refractivity contribution in [3.05, 3.63) is 57.6 Å². The minimum atomic E-state index is 0.293. The van der Waals surface area contributed by atoms with Gasteiger partial charge in [0.05, 0.1) is 30.5 Å². The molecule has 0 amide bonds. The minimum absolute atomic E-state index is 0.293. The summed E-state index contributed by atoms with van der Waals surface area (Å²) in [4.78, 5) is 0. The molecule has 0 aromatic heterocycles. The maximum Gasteiger partial charge on any atom is 0.180 e. The van der Waals surface area contributed by atoms with Crippen LogP contribution < -0.4 is 15.2 Å². The van der Waals surface area contributed by atoms with Crippen LogP contribution in [0.1, 0.15) is 11.1 Å². The van der Waals surface area contributed by atoms with Gasteiger partial charge in [0, 0.05) is 17.4 Å². The topological polar surface area (TPSA) is 69.2 Å². The average Bonchev–Trinajstić information content (AvgIpc) is 2.63. The number of hydrogen-bond acceptors (Lipinski definition) is 5. The first kappa shape index (κ1) is 19.4. The van der Waals surface area contributed by atoms with Gasteiger partial charge in [-0.2, -0.15) is 5.10 Å². The summed E-state index contributed by atoms with van der Waals surface area (Å²) >= 11 is 13.9. The first-order valence-electron chi connectivity index (χ1n) is 7.20. The molecule has 0 fully saturated rings. The lowest BCUT2D eigenvalue weighted by Gasteiger charge is -2.12. The molecule has 0 saturated carbocycles. The van der Waals surface area contributed by atoms with E-state index in [-0.39, 0.29) is 0 Å². The molecule has 8 heteroatoms. The van der Waals surface area contributed by atoms with Crippen LogP contribution in [0.25, 0.3) is 0 Å². The molecular formula is C17H17Cl2N3O2S. The molecule has 0 atom stereocenters. The summed E-state index contributed by atoms with van der Waals surface area (Å²) in [6.07, 6.45) is 1.43. The molecule has 0 radical (unpaired) electrons. The van der Waals surface area contributed by atoms with Crippen LogP contribution in [0.4, 0.5) is 0 Å². The molecule has 0 spiro atoms. The minimum Gasteiger partial charge on any atom is -0.493 e. The van der Waals surface area contributed by atoms with Gasteiger partial charge in [0.15, 0.2) is 16.7 Å². The molecule has 2 rings (SSSR count). The molecular weight excluding hydrogens is 381 g/mol. The van der Waals surface area contributed by atoms with E-state index in [9.17, 15) is 0 Å². The van der Waals surface area contributed by atoms with Crippen molar-refractivity contribution in [1.29, 1.82) is 0 Å². The molecule has 5 nitrogen and oxygen atoms in total. The fourth-order valence-corrected chi connectivity index (χ4v) is 3.18. The molecule has 0 aliphatic heterocycles. The van der Waals surface area contributed by atoms with Gasteiger partial charge in [0.1, 0.15) is 0 Å². The Balaban J connectivity index is 2.10. The Morgan fingerprint density at radius 3 is 2.56 bits per heavy atom. The molecule has 25 heavy (non-hydrogen) atoms. The van der Waals surface area contributed by atoms with Crippen molar-refractivity contribution in [2.75, 3.05) is 14.2 Å². The summed E-state index contributed by atoms with van der Waals surface area (Å²) in [6, 6.07) is 11.6. The maximum absolute atomic E-state index is 6.29. The lowest BCUT2D eigenvalue weighted by Crippen LogP contribution is -2.06. The van der Waals surface area contributed by atoms with E-state index >= 15 is 0 Å². The van der Waals surface area contributed by atoms with E-state index in [4.69, 9.17) is 38.4 Å². The predicted molar refractivity (Wildman–Crippen MR) is 107 cm³/mol. The second-order valence-electron chi connectivity index (χ2n) is 4.78. The zero-order valence-corrected chi connectivity index (χ0v) is 16.0. The zero-order chi connectivity index (χ0) is 18.2. The van der Waals surface area contributed by atoms with Crippen LogP contribution in [-0.4, -0.2) is 25.6 Å². The average molecular weight is 398 g/mol. The van der Waals surface area contributed by atoms with Crippen LogP contribution >= 0.6 is 35.0 Å². The number of nitrogens with zero attached hydrogens (tertiary/aromatic N) is 2. The summed E-state index contributed by atoms with van der Waals surface area (Å²) in [6.45, 7) is 0. The third-order valence-electron chi connectivity index (χ3n) is 3.17. The summed E-state index contributed by atoms with van der Waals surface area (Å²) in [5, 5.41) is 8.92. The fourth-order valence-electron chi connectivity index (χ4n) is 1.96. The Hall–Kier alpha value is -1.89. The van der Waals surface area contributed by atoms with Crippen molar-refractivity contribution < 1.29 is 9.47 Å². The SMILES string of the molecule is COc1cc(Cl)c(C=NN=C(N)SCc2ccccc2)c(Cl)c1OC. The van der Waals surface area contributed by atoms with Gasteiger partial charge >= 0.3 is 0 Å². The Bertz CT molecular complexity index is 783. The van der Waals surface area contributed by atoms with E-state index in [0.29, 0.717) is 38.0 Å². The molecule has 0 unspecified atom stereocenters. The first-order chi connectivity index (χ1) is 12.1. The fraction of sp³-hybridized carbons (Fsp3) is 0.176. The quantitative estimate of drug-likeness (QED) is 0.439. The van der Waals surface area contributed by atoms with E-state index in [0.717, 1.165) is 5.56 Å². The largest absolute Gasteiger partial charge is 0.493 e. The summed E-state index contributed by atoms with van der Waals surface area (Å²) < 4.78 is 10.4. The van der Waals surface area contributed by atoms with Crippen molar-refractivity contribution in [1.82, 2.24) is 0 Å². The van der Waals surface area contributed by atoms with Gasteiger partial charge in [-0.15, -0.1) is 5.10 Å². The van der Waals surface area contributed by atoms with Crippen LogP contribution in [0, 0.1) is 0 Å². The number of ether oxygens (including phenoxy) is 2. The number of nitrogens with two attached hydrogens (primary N) is 1. The monoisotopic (exact) mass is 397 g/mol. The van der Waals surface area contributed by atoms with E-state index in [1.165, 1.54) is 32.2 Å². The summed E-state index contributed by atoms with van der Waals surface area (Å²) in [5.74, 6) is 1.53. The molecule has 0 aliphatic carbocycles. The Morgan fingerprint density at radius 1 is 1.20 bits per heavy atom. The second kappa shape index (κ2) is 9.56. The second-order valence-corrected chi connectivity index (χ2v) is 6.56. The highest BCUT2D eigenvalue weighted by Crippen LogP contribution is 2.40. The number of rotatable bonds is 6. The van der Waals surface area contributed by atoms with Crippen LogP contribution in [0.3, 0.4) is 0 Å². The van der Waals surface area contributed by atoms with Crippen molar-refractivity contribution in [2.45, 2.75) is 5.75 Å². The number of methoxy groups -OCH3 is 2. The van der Waals surface area contributed by atoms with Gasteiger partial charge in [0.2, 0.25) is 0 Å². The van der Waals surface area contributed by atoms with Gasteiger partial charge < -0.3 is 15.2 Å². The molecule has 0 bridgehead atoms. The highest BCUT2D eigenvalue weighted by Gasteiger charge is 2.16. The molecule has 2 N–H and O–H groups in total. The highest BCUT2D eigenvalue weighted by atomic mass is 35.5. The van der Waals surface area contributed by atoms with Crippen LogP contribution in [0.15, 0.2) is 46.6 Å². The van der Waals surface area contributed by atoms with Crippen LogP contribution in [0.5, 0.6) is 11.5 Å². The smallest absolute Gasteiger partial charge is 0.180 e. The molecule has 132 valence electrons. The standard InChI is InChI=1S/C17H17Cl2N3O2S/c1-23-14-8-13(18)12(15(19)16(14)24-2)9-21-22-17(20)25-10-11-6-4-3-5-7-11/h3-9H,10H2,1-2H3,(H2,20,22). The number of thioether (sulfide) groups is 1. The third kappa shape index (κ3) is 5.29. The number of halogens is 2. The number of benzene rings is 2. The lowest BCUT2D eigenvalue weighted by molar-refractivity contribution is 0.355. The first-order valence-corrected chi connectivity index (χ1v) is 8.94. The van der Waals surface area contributed by atoms with Crippen molar-refractivity contribution in [3.8, 4) is 11.5 Å². The Morgan fingerprint density at radius 2 is 1.92 bits per heavy atom. The highest BCUT2D eigenvalue weighted by molar-refractivity contribution is 8.13. The van der Waals surface area contributed by atoms with Gasteiger partial charge in [0.25, 0.3) is 0 Å². The summed E-state index contributed by atoms with van der Waals surface area (Å²) in [5.41, 5.74) is 7.48. The van der Waals surface area contributed by atoms with E-state index in [1.807, 2.05) is 30.3 Å². The molecule has 2 aromatic rings. The van der Waals surface area contributed by atoms with Gasteiger partial charge in [-0.25, -0.2) is 0 Å². The normalized spacial score (nSPS) is 11.8. The van der Waals surface area contributed by atoms with E-state index in [1.54, 1.807) is 6.07 Å². The Kier molecular flexibility index (Phi) is 7.43. The zero-order valence-electron chi connectivity index (χ0n) is 13.7. The van der Waals surface area contributed by atoms with Crippen molar-refractivity contribution in [2.24, 2.45) is 15.9 Å². The molecule has 2 aromatic carbocycles. The summed E-state index contributed by atoms with van der Waals surface area (Å²) in [7, 11) is 3.00. The number of amidine groups is 1. The van der Waals surface area contributed by atoms with Gasteiger partial charge in [-0.05, 0) is 5.56 Å². The van der Waals surface area contributed by atoms with Gasteiger partial charge in [-0.1, -0.05) is 65.3 Å².